The van der Waals surface area contributed by atoms with E-state index < -0.39 is 0 Å². The van der Waals surface area contributed by atoms with Crippen molar-refractivity contribution in [3.63, 3.8) is 0 Å². The van der Waals surface area contributed by atoms with Crippen molar-refractivity contribution in [1.29, 1.82) is 0 Å². The molecular weight excluding hydrogens is 240 g/mol. The zero-order valence-corrected chi connectivity index (χ0v) is 10.8. The molecule has 2 heterocycles. The molecule has 1 fully saturated rings. The normalized spacial score (nSPS) is 20.8. The van der Waals surface area contributed by atoms with Crippen LogP contribution < -0.4 is 0 Å². The van der Waals surface area contributed by atoms with Gasteiger partial charge in [0.15, 0.2) is 0 Å². The number of hydrogen-bond acceptors (Lipinski definition) is 6. The van der Waals surface area contributed by atoms with Gasteiger partial charge in [0, 0.05) is 17.4 Å². The maximum atomic E-state index is 11.5. The van der Waals surface area contributed by atoms with Crippen LogP contribution in [0.15, 0.2) is 4.52 Å². The van der Waals surface area contributed by atoms with Crippen LogP contribution in [-0.2, 0) is 16.0 Å². The summed E-state index contributed by atoms with van der Waals surface area (Å²) in [4.78, 5) is 15.8. The fourth-order valence-electron chi connectivity index (χ4n) is 1.46. The summed E-state index contributed by atoms with van der Waals surface area (Å²) in [6.07, 6.45) is 0.116. The second-order valence-electron chi connectivity index (χ2n) is 4.28. The summed E-state index contributed by atoms with van der Waals surface area (Å²) in [5.41, 5.74) is 0. The van der Waals surface area contributed by atoms with Crippen molar-refractivity contribution >= 4 is 17.5 Å². The first-order chi connectivity index (χ1) is 8.16. The summed E-state index contributed by atoms with van der Waals surface area (Å²) in [7, 11) is 0. The minimum atomic E-state index is -0.0968. The van der Waals surface area contributed by atoms with Crippen LogP contribution in [0.4, 0.5) is 0 Å². The van der Waals surface area contributed by atoms with Crippen LogP contribution in [0.1, 0.15) is 31.7 Å². The summed E-state index contributed by atoms with van der Waals surface area (Å²) < 4.78 is 10.6. The maximum Gasteiger partial charge on any atom is 0.234 e. The van der Waals surface area contributed by atoms with Gasteiger partial charge in [0.1, 0.15) is 11.9 Å². The molecule has 5 nitrogen and oxygen atoms in total. The summed E-state index contributed by atoms with van der Waals surface area (Å²) in [6.45, 7) is 4.44. The monoisotopic (exact) mass is 256 g/mol. The fraction of sp³-hybridized carbons (Fsp3) is 0.727. The molecule has 0 aromatic carbocycles. The first-order valence-electron chi connectivity index (χ1n) is 5.71. The van der Waals surface area contributed by atoms with Crippen LogP contribution in [0.5, 0.6) is 0 Å². The molecule has 0 radical (unpaired) electrons. The Morgan fingerprint density at radius 3 is 3.06 bits per heavy atom. The van der Waals surface area contributed by atoms with E-state index in [0.717, 1.165) is 11.5 Å². The lowest BCUT2D eigenvalue weighted by atomic mass is 10.1. The quantitative estimate of drug-likeness (QED) is 0.816. The van der Waals surface area contributed by atoms with E-state index in [-0.39, 0.29) is 24.2 Å². The molecule has 0 saturated carbocycles. The Labute approximate surface area is 104 Å². The molecule has 17 heavy (non-hydrogen) atoms. The minimum absolute atomic E-state index is 0.00756. The summed E-state index contributed by atoms with van der Waals surface area (Å²) in [5, 5.41) is 3.88. The molecule has 0 N–H and O–H groups in total. The minimum Gasteiger partial charge on any atom is -0.368 e. The third kappa shape index (κ3) is 3.29. The highest BCUT2D eigenvalue weighted by molar-refractivity contribution is 7.99. The van der Waals surface area contributed by atoms with Crippen molar-refractivity contribution in [2.75, 3.05) is 18.1 Å². The number of aromatic nitrogens is 2. The number of carbonyl (C=O) groups excluding carboxylic acids is 1. The molecule has 1 aliphatic rings. The first kappa shape index (κ1) is 12.6. The number of rotatable bonds is 4. The fourth-order valence-corrected chi connectivity index (χ4v) is 2.30. The zero-order valence-electron chi connectivity index (χ0n) is 10.0. The Morgan fingerprint density at radius 2 is 2.41 bits per heavy atom. The summed E-state index contributed by atoms with van der Waals surface area (Å²) in [5.74, 6) is 2.90. The third-order valence-electron chi connectivity index (χ3n) is 2.56. The van der Waals surface area contributed by atoms with E-state index in [9.17, 15) is 4.79 Å². The molecule has 1 aliphatic heterocycles. The van der Waals surface area contributed by atoms with Crippen LogP contribution in [0.3, 0.4) is 0 Å². The van der Waals surface area contributed by atoms with Gasteiger partial charge in [0.05, 0.1) is 13.0 Å². The predicted octanol–water partition coefficient (Wildman–Crippen LogP) is 1.64. The lowest BCUT2D eigenvalue weighted by Crippen LogP contribution is -2.17. The lowest BCUT2D eigenvalue weighted by molar-refractivity contribution is -0.121. The largest absolute Gasteiger partial charge is 0.368 e. The zero-order chi connectivity index (χ0) is 12.3. The standard InChI is InChI=1S/C11H16N2O3S/c1-7(2)8(14)5-10-12-11(13-16-10)9-6-17-4-3-15-9/h7,9H,3-6H2,1-2H3. The Bertz CT molecular complexity index is 386. The topological polar surface area (TPSA) is 65.2 Å². The van der Waals surface area contributed by atoms with Gasteiger partial charge in [-0.05, 0) is 0 Å². The van der Waals surface area contributed by atoms with E-state index >= 15 is 0 Å². The van der Waals surface area contributed by atoms with Crippen LogP contribution in [-0.4, -0.2) is 34.0 Å². The van der Waals surface area contributed by atoms with Crippen LogP contribution in [0.2, 0.25) is 0 Å². The van der Waals surface area contributed by atoms with Crippen molar-refractivity contribution in [3.8, 4) is 0 Å². The van der Waals surface area contributed by atoms with Crippen molar-refractivity contribution in [2.45, 2.75) is 26.4 Å². The van der Waals surface area contributed by atoms with Gasteiger partial charge in [-0.15, -0.1) is 0 Å². The average Bonchev–Trinajstić information content (AvgIpc) is 2.78. The van der Waals surface area contributed by atoms with Crippen molar-refractivity contribution in [1.82, 2.24) is 10.1 Å². The summed E-state index contributed by atoms with van der Waals surface area (Å²) in [6, 6.07) is 0. The van der Waals surface area contributed by atoms with E-state index in [1.54, 1.807) is 0 Å². The number of thioether (sulfide) groups is 1. The highest BCUT2D eigenvalue weighted by Crippen LogP contribution is 2.24. The summed E-state index contributed by atoms with van der Waals surface area (Å²) >= 11 is 1.81. The number of carbonyl (C=O) groups is 1. The molecule has 94 valence electrons. The molecule has 0 bridgehead atoms. The van der Waals surface area contributed by atoms with Gasteiger partial charge < -0.3 is 9.26 Å². The Kier molecular flexibility index (Phi) is 4.17. The molecule has 1 aromatic heterocycles. The Morgan fingerprint density at radius 1 is 1.59 bits per heavy atom. The molecule has 6 heteroatoms. The second-order valence-corrected chi connectivity index (χ2v) is 5.43. The van der Waals surface area contributed by atoms with E-state index in [1.807, 2.05) is 25.6 Å². The van der Waals surface area contributed by atoms with E-state index in [4.69, 9.17) is 9.26 Å². The van der Waals surface area contributed by atoms with Crippen LogP contribution >= 0.6 is 11.8 Å². The SMILES string of the molecule is CC(C)C(=O)Cc1nc(C2CSCCO2)no1. The van der Waals surface area contributed by atoms with E-state index in [1.165, 1.54) is 0 Å². The number of ketones is 1. The number of ether oxygens (including phenoxy) is 1. The lowest BCUT2D eigenvalue weighted by Gasteiger charge is -2.18. The molecule has 0 amide bonds. The highest BCUT2D eigenvalue weighted by atomic mass is 32.2. The molecule has 1 saturated heterocycles. The van der Waals surface area contributed by atoms with Gasteiger partial charge in [0.25, 0.3) is 0 Å². The van der Waals surface area contributed by atoms with Crippen LogP contribution in [0.25, 0.3) is 0 Å². The number of Topliss-reactive ketones (excluding diaryl/α,β-unsaturated/α-hetero) is 1. The second kappa shape index (κ2) is 5.64. The van der Waals surface area contributed by atoms with E-state index in [2.05, 4.69) is 10.1 Å². The molecule has 2 rings (SSSR count). The molecular formula is C11H16N2O3S. The predicted molar refractivity (Wildman–Crippen MR) is 63.9 cm³/mol. The molecule has 1 atom stereocenters. The Hall–Kier alpha value is -0.880. The van der Waals surface area contributed by atoms with Gasteiger partial charge in [-0.1, -0.05) is 19.0 Å². The van der Waals surface area contributed by atoms with Gasteiger partial charge in [-0.25, -0.2) is 0 Å². The Balaban J connectivity index is 1.97. The van der Waals surface area contributed by atoms with Gasteiger partial charge in [-0.3, -0.25) is 4.79 Å². The molecule has 0 spiro atoms. The van der Waals surface area contributed by atoms with Gasteiger partial charge in [0.2, 0.25) is 11.7 Å². The van der Waals surface area contributed by atoms with Crippen LogP contribution in [0, 0.1) is 5.92 Å². The third-order valence-corrected chi connectivity index (χ3v) is 3.55. The number of nitrogens with zero attached hydrogens (tertiary/aromatic N) is 2. The van der Waals surface area contributed by atoms with Crippen molar-refractivity contribution in [2.24, 2.45) is 5.92 Å². The first-order valence-corrected chi connectivity index (χ1v) is 6.87. The maximum absolute atomic E-state index is 11.5. The number of hydrogen-bond donors (Lipinski definition) is 0. The van der Waals surface area contributed by atoms with E-state index in [0.29, 0.717) is 18.3 Å². The van der Waals surface area contributed by atoms with Crippen molar-refractivity contribution < 1.29 is 14.1 Å². The molecule has 0 aliphatic carbocycles. The van der Waals surface area contributed by atoms with Gasteiger partial charge in [-0.2, -0.15) is 16.7 Å². The van der Waals surface area contributed by atoms with Gasteiger partial charge >= 0.3 is 0 Å². The average molecular weight is 256 g/mol. The molecule has 1 aromatic rings. The molecule has 1 unspecified atom stereocenters. The van der Waals surface area contributed by atoms with Crippen molar-refractivity contribution in [3.05, 3.63) is 11.7 Å². The smallest absolute Gasteiger partial charge is 0.234 e. The highest BCUT2D eigenvalue weighted by Gasteiger charge is 2.23.